The zero-order valence-corrected chi connectivity index (χ0v) is 12.0. The molecule has 0 N–H and O–H groups in total. The molecule has 1 unspecified atom stereocenters. The minimum Gasteiger partial charge on any atom is -0.378 e. The van der Waals surface area contributed by atoms with E-state index in [1.807, 2.05) is 0 Å². The Morgan fingerprint density at radius 1 is 1.24 bits per heavy atom. The second-order valence-corrected chi connectivity index (χ2v) is 5.85. The number of amides is 1. The number of alkyl halides is 1. The van der Waals surface area contributed by atoms with Gasteiger partial charge in [0.2, 0.25) is 5.91 Å². The largest absolute Gasteiger partial charge is 0.378 e. The van der Waals surface area contributed by atoms with Gasteiger partial charge in [0.1, 0.15) is 0 Å². The van der Waals surface area contributed by atoms with Gasteiger partial charge in [-0.2, -0.15) is 0 Å². The minimum absolute atomic E-state index is 0.182. The van der Waals surface area contributed by atoms with E-state index < -0.39 is 0 Å². The maximum absolute atomic E-state index is 12.3. The fourth-order valence-corrected chi connectivity index (χ4v) is 3.32. The number of carbonyl (C=O) groups excluding carboxylic acids is 1. The van der Waals surface area contributed by atoms with Crippen LogP contribution in [0.2, 0.25) is 0 Å². The molecule has 1 amide bonds. The Morgan fingerprint density at radius 3 is 2.59 bits per heavy atom. The van der Waals surface area contributed by atoms with E-state index >= 15 is 0 Å². The van der Waals surface area contributed by atoms with Gasteiger partial charge in [-0.3, -0.25) is 4.79 Å². The summed E-state index contributed by atoms with van der Waals surface area (Å²) < 4.78 is 5.56. The van der Waals surface area contributed by atoms with Crippen molar-refractivity contribution in [2.45, 2.75) is 57.1 Å². The first-order valence-electron chi connectivity index (χ1n) is 6.78. The molecule has 3 nitrogen and oxygen atoms in total. The lowest BCUT2D eigenvalue weighted by molar-refractivity contribution is -0.135. The summed E-state index contributed by atoms with van der Waals surface area (Å²) in [6, 6.07) is 0.487. The normalized spacial score (nSPS) is 25.4. The van der Waals surface area contributed by atoms with Crippen molar-refractivity contribution in [2.24, 2.45) is 0 Å². The van der Waals surface area contributed by atoms with Crippen LogP contribution in [0.4, 0.5) is 0 Å². The van der Waals surface area contributed by atoms with Crippen LogP contribution in [0.25, 0.3) is 0 Å². The number of hydrogen-bond acceptors (Lipinski definition) is 2. The van der Waals surface area contributed by atoms with Gasteiger partial charge < -0.3 is 9.64 Å². The molecular weight excluding hydrogens is 282 g/mol. The molecule has 0 aromatic carbocycles. The number of rotatable bonds is 5. The zero-order valence-electron chi connectivity index (χ0n) is 10.4. The second-order valence-electron chi connectivity index (χ2n) is 5.05. The molecule has 2 aliphatic rings. The highest BCUT2D eigenvalue weighted by molar-refractivity contribution is 9.09. The average Bonchev–Trinajstić information content (AvgIpc) is 2.97. The third-order valence-electron chi connectivity index (χ3n) is 3.84. The predicted molar refractivity (Wildman–Crippen MR) is 71.4 cm³/mol. The summed E-state index contributed by atoms with van der Waals surface area (Å²) in [6.45, 7) is 1.68. The maximum atomic E-state index is 12.3. The number of carbonyl (C=O) groups is 1. The third-order valence-corrected chi connectivity index (χ3v) is 4.19. The van der Waals surface area contributed by atoms with E-state index in [9.17, 15) is 4.79 Å². The molecule has 1 heterocycles. The van der Waals surface area contributed by atoms with Gasteiger partial charge in [-0.05, 0) is 25.7 Å². The van der Waals surface area contributed by atoms with Crippen LogP contribution >= 0.6 is 15.9 Å². The summed E-state index contributed by atoms with van der Waals surface area (Å²) in [7, 11) is 0. The standard InChI is InChI=1S/C13H22BrNO2/c14-7-8-15(11-4-1-2-5-11)13(16)10-12-6-3-9-17-12/h11-12H,1-10H2. The Kier molecular flexibility index (Phi) is 5.29. The fourth-order valence-electron chi connectivity index (χ4n) is 2.94. The van der Waals surface area contributed by atoms with Gasteiger partial charge in [-0.1, -0.05) is 28.8 Å². The van der Waals surface area contributed by atoms with Crippen LogP contribution in [0, 0.1) is 0 Å². The van der Waals surface area contributed by atoms with Gasteiger partial charge in [0.25, 0.3) is 0 Å². The molecule has 0 aromatic heterocycles. The van der Waals surface area contributed by atoms with Crippen LogP contribution in [0.15, 0.2) is 0 Å². The van der Waals surface area contributed by atoms with E-state index in [0.717, 1.165) is 31.3 Å². The number of nitrogens with zero attached hydrogens (tertiary/aromatic N) is 1. The molecule has 0 spiro atoms. The van der Waals surface area contributed by atoms with Crippen molar-refractivity contribution in [1.82, 2.24) is 4.90 Å². The van der Waals surface area contributed by atoms with Gasteiger partial charge in [0.05, 0.1) is 12.5 Å². The van der Waals surface area contributed by atoms with Crippen molar-refractivity contribution in [3.63, 3.8) is 0 Å². The summed E-state index contributed by atoms with van der Waals surface area (Å²) >= 11 is 3.45. The molecule has 1 saturated heterocycles. The van der Waals surface area contributed by atoms with Gasteiger partial charge >= 0.3 is 0 Å². The van der Waals surface area contributed by atoms with Gasteiger partial charge in [-0.25, -0.2) is 0 Å². The highest BCUT2D eigenvalue weighted by Crippen LogP contribution is 2.25. The summed E-state index contributed by atoms with van der Waals surface area (Å²) in [6.07, 6.45) is 7.85. The summed E-state index contributed by atoms with van der Waals surface area (Å²) in [5.74, 6) is 0.295. The van der Waals surface area contributed by atoms with Crippen molar-refractivity contribution in [1.29, 1.82) is 0 Å². The molecule has 2 rings (SSSR count). The van der Waals surface area contributed by atoms with Gasteiger partial charge in [0, 0.05) is 24.5 Å². The molecule has 2 fully saturated rings. The Balaban J connectivity index is 1.86. The molecule has 1 aliphatic carbocycles. The quantitative estimate of drug-likeness (QED) is 0.731. The number of ether oxygens (including phenoxy) is 1. The Labute approximate surface area is 112 Å². The van der Waals surface area contributed by atoms with Crippen molar-refractivity contribution < 1.29 is 9.53 Å². The van der Waals surface area contributed by atoms with Crippen LogP contribution in [0.5, 0.6) is 0 Å². The van der Waals surface area contributed by atoms with Crippen LogP contribution in [0.1, 0.15) is 44.9 Å². The molecule has 98 valence electrons. The SMILES string of the molecule is O=C(CC1CCCO1)N(CCBr)C1CCCC1. The molecular formula is C13H22BrNO2. The number of hydrogen-bond donors (Lipinski definition) is 0. The second kappa shape index (κ2) is 6.74. The first-order valence-corrected chi connectivity index (χ1v) is 7.90. The van der Waals surface area contributed by atoms with E-state index in [-0.39, 0.29) is 6.10 Å². The van der Waals surface area contributed by atoms with Crippen LogP contribution < -0.4 is 0 Å². The van der Waals surface area contributed by atoms with Crippen LogP contribution in [-0.4, -0.2) is 41.4 Å². The van der Waals surface area contributed by atoms with Gasteiger partial charge in [0.15, 0.2) is 0 Å². The van der Waals surface area contributed by atoms with E-state index in [1.165, 1.54) is 25.7 Å². The molecule has 0 bridgehead atoms. The van der Waals surface area contributed by atoms with E-state index in [2.05, 4.69) is 20.8 Å². The van der Waals surface area contributed by atoms with Crippen LogP contribution in [-0.2, 0) is 9.53 Å². The smallest absolute Gasteiger partial charge is 0.225 e. The maximum Gasteiger partial charge on any atom is 0.225 e. The number of halogens is 1. The van der Waals surface area contributed by atoms with Crippen molar-refractivity contribution >= 4 is 21.8 Å². The Hall–Kier alpha value is -0.0900. The van der Waals surface area contributed by atoms with E-state index in [0.29, 0.717) is 18.4 Å². The fraction of sp³-hybridized carbons (Fsp3) is 0.923. The third kappa shape index (κ3) is 3.68. The molecule has 0 aromatic rings. The molecule has 0 radical (unpaired) electrons. The highest BCUT2D eigenvalue weighted by atomic mass is 79.9. The van der Waals surface area contributed by atoms with Gasteiger partial charge in [-0.15, -0.1) is 0 Å². The summed E-state index contributed by atoms with van der Waals surface area (Å²) in [4.78, 5) is 14.4. The molecule has 1 aliphatic heterocycles. The minimum atomic E-state index is 0.182. The van der Waals surface area contributed by atoms with E-state index in [1.54, 1.807) is 0 Å². The monoisotopic (exact) mass is 303 g/mol. The predicted octanol–water partition coefficient (Wildman–Crippen LogP) is 2.72. The van der Waals surface area contributed by atoms with Crippen molar-refractivity contribution in [3.05, 3.63) is 0 Å². The average molecular weight is 304 g/mol. The topological polar surface area (TPSA) is 29.5 Å². The van der Waals surface area contributed by atoms with Crippen molar-refractivity contribution in [3.8, 4) is 0 Å². The zero-order chi connectivity index (χ0) is 12.1. The molecule has 4 heteroatoms. The van der Waals surface area contributed by atoms with Crippen LogP contribution in [0.3, 0.4) is 0 Å². The lowest BCUT2D eigenvalue weighted by Gasteiger charge is -2.29. The molecule has 1 saturated carbocycles. The highest BCUT2D eigenvalue weighted by Gasteiger charge is 2.28. The molecule has 1 atom stereocenters. The lowest BCUT2D eigenvalue weighted by atomic mass is 10.1. The Morgan fingerprint density at radius 2 is 2.00 bits per heavy atom. The summed E-state index contributed by atoms with van der Waals surface area (Å²) in [5, 5.41) is 0.876. The van der Waals surface area contributed by atoms with Crippen molar-refractivity contribution in [2.75, 3.05) is 18.5 Å². The summed E-state index contributed by atoms with van der Waals surface area (Å²) in [5.41, 5.74) is 0. The lowest BCUT2D eigenvalue weighted by Crippen LogP contribution is -2.41. The first-order chi connectivity index (χ1) is 8.31. The first kappa shape index (κ1) is 13.3. The van der Waals surface area contributed by atoms with E-state index in [4.69, 9.17) is 4.74 Å². The molecule has 17 heavy (non-hydrogen) atoms. The Bertz CT molecular complexity index is 248.